The Kier molecular flexibility index (Phi) is 3.81. The molecule has 1 nitrogen and oxygen atoms in total. The van der Waals surface area contributed by atoms with Crippen molar-refractivity contribution in [3.8, 4) is 0 Å². The fraction of sp³-hybridized carbons (Fsp3) is 0.636. The average Bonchev–Trinajstić information content (AvgIpc) is 2.76. The first-order chi connectivity index (χ1) is 7.10. The van der Waals surface area contributed by atoms with E-state index in [-0.39, 0.29) is 6.04 Å². The lowest BCUT2D eigenvalue weighted by molar-refractivity contribution is 0.484. The Balaban J connectivity index is 1.99. The summed E-state index contributed by atoms with van der Waals surface area (Å²) >= 11 is 7.33. The van der Waals surface area contributed by atoms with Gasteiger partial charge in [-0.15, -0.1) is 11.3 Å². The zero-order chi connectivity index (χ0) is 10.9. The van der Waals surface area contributed by atoms with Gasteiger partial charge in [0.1, 0.15) is 0 Å². The van der Waals surface area contributed by atoms with Crippen LogP contribution < -0.4 is 5.73 Å². The molecule has 1 aliphatic heterocycles. The number of nitrogens with two attached hydrogens (primary N) is 1. The molecule has 2 N–H and O–H groups in total. The summed E-state index contributed by atoms with van der Waals surface area (Å²) in [5.41, 5.74) is 6.33. The van der Waals surface area contributed by atoms with E-state index in [2.05, 4.69) is 34.3 Å². The quantitative estimate of drug-likeness (QED) is 0.922. The number of rotatable bonds is 3. The molecular weight excluding hydrogens is 290 g/mol. The van der Waals surface area contributed by atoms with Crippen molar-refractivity contribution >= 4 is 39.0 Å². The Hall–Kier alpha value is 0.490. The molecule has 4 heteroatoms. The van der Waals surface area contributed by atoms with Crippen LogP contribution in [0.5, 0.6) is 0 Å². The van der Waals surface area contributed by atoms with Gasteiger partial charge in [0.2, 0.25) is 0 Å². The summed E-state index contributed by atoms with van der Waals surface area (Å²) in [5.74, 6) is 1.28. The Labute approximate surface area is 108 Å². The van der Waals surface area contributed by atoms with E-state index in [1.54, 1.807) is 11.3 Å². The van der Waals surface area contributed by atoms with E-state index in [9.17, 15) is 0 Å². The molecule has 0 saturated carbocycles. The van der Waals surface area contributed by atoms with Crippen molar-refractivity contribution in [2.45, 2.75) is 37.0 Å². The fourth-order valence-electron chi connectivity index (χ4n) is 1.99. The lowest BCUT2D eigenvalue weighted by atomic mass is 9.94. The lowest BCUT2D eigenvalue weighted by Gasteiger charge is -2.29. The van der Waals surface area contributed by atoms with Gasteiger partial charge >= 0.3 is 0 Å². The minimum Gasteiger partial charge on any atom is -0.326 e. The van der Waals surface area contributed by atoms with Gasteiger partial charge in [0, 0.05) is 25.5 Å². The van der Waals surface area contributed by atoms with Crippen LogP contribution in [0.25, 0.3) is 0 Å². The van der Waals surface area contributed by atoms with Crippen LogP contribution >= 0.6 is 39.0 Å². The molecule has 1 aromatic rings. The molecule has 0 spiro atoms. The normalized spacial score (nSPS) is 28.2. The maximum absolute atomic E-state index is 6.33. The van der Waals surface area contributed by atoms with E-state index in [0.717, 1.165) is 6.42 Å². The van der Waals surface area contributed by atoms with Crippen LogP contribution in [0, 0.1) is 0 Å². The summed E-state index contributed by atoms with van der Waals surface area (Å²) in [7, 11) is 0. The SMILES string of the molecule is CC1(C(N)Cc2cc(Br)cs2)CCCS1. The predicted molar refractivity (Wildman–Crippen MR) is 73.8 cm³/mol. The van der Waals surface area contributed by atoms with E-state index in [0.29, 0.717) is 4.75 Å². The molecule has 0 radical (unpaired) electrons. The Morgan fingerprint density at radius 3 is 3.00 bits per heavy atom. The summed E-state index contributed by atoms with van der Waals surface area (Å²) < 4.78 is 1.48. The summed E-state index contributed by atoms with van der Waals surface area (Å²) in [6.45, 7) is 2.32. The monoisotopic (exact) mass is 305 g/mol. The van der Waals surface area contributed by atoms with Crippen LogP contribution in [0.3, 0.4) is 0 Å². The molecule has 2 unspecified atom stereocenters. The summed E-state index contributed by atoms with van der Waals surface area (Å²) in [5, 5.41) is 2.13. The van der Waals surface area contributed by atoms with E-state index < -0.39 is 0 Å². The third-order valence-corrected chi connectivity index (χ3v) is 6.46. The van der Waals surface area contributed by atoms with Crippen molar-refractivity contribution in [2.75, 3.05) is 5.75 Å². The Morgan fingerprint density at radius 2 is 2.47 bits per heavy atom. The summed E-state index contributed by atoms with van der Waals surface area (Å²) in [4.78, 5) is 1.39. The zero-order valence-corrected chi connectivity index (χ0v) is 12.1. The Morgan fingerprint density at radius 1 is 1.67 bits per heavy atom. The number of thiophene rings is 1. The molecule has 0 amide bonds. The van der Waals surface area contributed by atoms with E-state index >= 15 is 0 Å². The predicted octanol–water partition coefficient (Wildman–Crippen LogP) is 3.67. The highest BCUT2D eigenvalue weighted by atomic mass is 79.9. The maximum atomic E-state index is 6.33. The standard InChI is InChI=1S/C11H16BrNS2/c1-11(3-2-4-15-11)10(13)6-9-5-8(12)7-14-9/h5,7,10H,2-4,6,13H2,1H3. The molecular formula is C11H16BrNS2. The van der Waals surface area contributed by atoms with E-state index in [4.69, 9.17) is 5.73 Å². The van der Waals surface area contributed by atoms with Gasteiger partial charge in [-0.1, -0.05) is 0 Å². The lowest BCUT2D eigenvalue weighted by Crippen LogP contribution is -2.42. The molecule has 1 saturated heterocycles. The third kappa shape index (κ3) is 2.78. The molecule has 15 heavy (non-hydrogen) atoms. The smallest absolute Gasteiger partial charge is 0.0286 e. The van der Waals surface area contributed by atoms with Gasteiger partial charge in [-0.2, -0.15) is 11.8 Å². The highest BCUT2D eigenvalue weighted by Gasteiger charge is 2.35. The van der Waals surface area contributed by atoms with E-state index in [1.807, 2.05) is 11.8 Å². The Bertz CT molecular complexity index is 331. The maximum Gasteiger partial charge on any atom is 0.0286 e. The molecule has 2 rings (SSSR count). The van der Waals surface area contributed by atoms with Gasteiger partial charge in [0.05, 0.1) is 0 Å². The van der Waals surface area contributed by atoms with Crippen LogP contribution in [0.1, 0.15) is 24.6 Å². The zero-order valence-electron chi connectivity index (χ0n) is 8.83. The molecule has 2 heterocycles. The second-order valence-corrected chi connectivity index (χ2v) is 7.85. The van der Waals surface area contributed by atoms with Crippen molar-refractivity contribution in [1.82, 2.24) is 0 Å². The molecule has 0 aliphatic carbocycles. The largest absolute Gasteiger partial charge is 0.326 e. The first kappa shape index (κ1) is 12.0. The van der Waals surface area contributed by atoms with Gasteiger partial charge in [-0.05, 0) is 53.9 Å². The molecule has 84 valence electrons. The van der Waals surface area contributed by atoms with Gasteiger partial charge in [0.25, 0.3) is 0 Å². The van der Waals surface area contributed by atoms with Gasteiger partial charge in [0.15, 0.2) is 0 Å². The first-order valence-electron chi connectivity index (χ1n) is 5.22. The molecule has 0 aromatic carbocycles. The molecule has 1 aromatic heterocycles. The highest BCUT2D eigenvalue weighted by molar-refractivity contribution is 9.10. The number of hydrogen-bond donors (Lipinski definition) is 1. The molecule has 1 aliphatic rings. The van der Waals surface area contributed by atoms with Crippen LogP contribution in [0.2, 0.25) is 0 Å². The highest BCUT2D eigenvalue weighted by Crippen LogP contribution is 2.41. The molecule has 2 atom stereocenters. The second kappa shape index (κ2) is 4.78. The van der Waals surface area contributed by atoms with Crippen LogP contribution in [0.15, 0.2) is 15.9 Å². The van der Waals surface area contributed by atoms with Gasteiger partial charge < -0.3 is 5.73 Å². The van der Waals surface area contributed by atoms with Crippen molar-refractivity contribution in [1.29, 1.82) is 0 Å². The van der Waals surface area contributed by atoms with Gasteiger partial charge in [-0.25, -0.2) is 0 Å². The minimum atomic E-state index is 0.288. The van der Waals surface area contributed by atoms with Crippen molar-refractivity contribution in [3.63, 3.8) is 0 Å². The average molecular weight is 306 g/mol. The van der Waals surface area contributed by atoms with Gasteiger partial charge in [-0.3, -0.25) is 0 Å². The molecule has 0 bridgehead atoms. The second-order valence-electron chi connectivity index (χ2n) is 4.31. The fourth-order valence-corrected chi connectivity index (χ4v) is 4.84. The van der Waals surface area contributed by atoms with Crippen LogP contribution in [-0.2, 0) is 6.42 Å². The van der Waals surface area contributed by atoms with Crippen LogP contribution in [0.4, 0.5) is 0 Å². The van der Waals surface area contributed by atoms with Crippen molar-refractivity contribution in [2.24, 2.45) is 5.73 Å². The number of halogens is 1. The number of thioether (sulfide) groups is 1. The topological polar surface area (TPSA) is 26.0 Å². The number of hydrogen-bond acceptors (Lipinski definition) is 3. The van der Waals surface area contributed by atoms with Crippen molar-refractivity contribution < 1.29 is 0 Å². The van der Waals surface area contributed by atoms with Crippen molar-refractivity contribution in [3.05, 3.63) is 20.8 Å². The van der Waals surface area contributed by atoms with Crippen LogP contribution in [-0.4, -0.2) is 16.5 Å². The minimum absolute atomic E-state index is 0.288. The summed E-state index contributed by atoms with van der Waals surface area (Å²) in [6, 6.07) is 2.48. The van der Waals surface area contributed by atoms with E-state index in [1.165, 1.54) is 27.9 Å². The summed E-state index contributed by atoms with van der Waals surface area (Å²) in [6.07, 6.45) is 3.61. The third-order valence-electron chi connectivity index (χ3n) is 3.08. The first-order valence-corrected chi connectivity index (χ1v) is 7.88. The molecule has 1 fully saturated rings.